The Bertz CT molecular complexity index is 226. The Morgan fingerprint density at radius 1 is 1.43 bits per heavy atom. The van der Waals surface area contributed by atoms with Gasteiger partial charge in [-0.3, -0.25) is 0 Å². The van der Waals surface area contributed by atoms with Gasteiger partial charge in [0.1, 0.15) is 0 Å². The summed E-state index contributed by atoms with van der Waals surface area (Å²) in [5.41, 5.74) is -1.12. The molecular formula is C12H20O2. The molecule has 2 heteroatoms. The molecule has 2 N–H and O–H groups in total. The van der Waals surface area contributed by atoms with Gasteiger partial charge in [-0.15, -0.1) is 5.92 Å². The van der Waals surface area contributed by atoms with Crippen LogP contribution < -0.4 is 0 Å². The molecule has 0 bridgehead atoms. The Morgan fingerprint density at radius 2 is 2.21 bits per heavy atom. The number of unbranched alkanes of at least 4 members (excludes halogenated alkanes) is 2. The van der Waals surface area contributed by atoms with E-state index < -0.39 is 11.7 Å². The Kier molecular flexibility index (Phi) is 4.44. The van der Waals surface area contributed by atoms with Crippen LogP contribution in [0.5, 0.6) is 0 Å². The van der Waals surface area contributed by atoms with Crippen molar-refractivity contribution in [1.82, 2.24) is 0 Å². The smallest absolute Gasteiger partial charge is 0.151 e. The Hall–Kier alpha value is -0.520. The molecule has 1 rings (SSSR count). The maximum absolute atomic E-state index is 10.0. The highest BCUT2D eigenvalue weighted by Crippen LogP contribution is 2.27. The van der Waals surface area contributed by atoms with Gasteiger partial charge < -0.3 is 10.2 Å². The van der Waals surface area contributed by atoms with Crippen LogP contribution in [-0.2, 0) is 0 Å². The monoisotopic (exact) mass is 196 g/mol. The lowest BCUT2D eigenvalue weighted by molar-refractivity contribution is -0.0585. The summed E-state index contributed by atoms with van der Waals surface area (Å²) in [6, 6.07) is 0. The van der Waals surface area contributed by atoms with Crippen LogP contribution in [0.25, 0.3) is 0 Å². The number of aliphatic hydroxyl groups is 2. The lowest BCUT2D eigenvalue weighted by Gasteiger charge is -2.32. The van der Waals surface area contributed by atoms with E-state index in [-0.39, 0.29) is 0 Å². The van der Waals surface area contributed by atoms with E-state index in [1.54, 1.807) is 0 Å². The summed E-state index contributed by atoms with van der Waals surface area (Å²) >= 11 is 0. The summed E-state index contributed by atoms with van der Waals surface area (Å²) in [7, 11) is 0. The maximum atomic E-state index is 10.0. The number of hydrogen-bond donors (Lipinski definition) is 2. The molecule has 0 aromatic heterocycles. The topological polar surface area (TPSA) is 40.5 Å². The standard InChI is InChI=1S/C12H20O2/c1-2-3-4-6-9-12(14)10-7-5-8-11(12)13/h11,13-14H,2-5,7-8,10H2,1H3/t11-,12-/m1/s1. The van der Waals surface area contributed by atoms with Crippen molar-refractivity contribution in [2.45, 2.75) is 63.6 Å². The van der Waals surface area contributed by atoms with E-state index in [4.69, 9.17) is 0 Å². The van der Waals surface area contributed by atoms with Crippen molar-refractivity contribution >= 4 is 0 Å². The molecule has 0 aromatic rings. The van der Waals surface area contributed by atoms with Crippen LogP contribution in [0.2, 0.25) is 0 Å². The van der Waals surface area contributed by atoms with Gasteiger partial charge in [-0.1, -0.05) is 25.7 Å². The minimum atomic E-state index is -1.12. The van der Waals surface area contributed by atoms with Crippen molar-refractivity contribution in [3.8, 4) is 11.8 Å². The van der Waals surface area contributed by atoms with Crippen molar-refractivity contribution < 1.29 is 10.2 Å². The third-order valence-electron chi connectivity index (χ3n) is 2.80. The van der Waals surface area contributed by atoms with E-state index in [0.29, 0.717) is 12.8 Å². The van der Waals surface area contributed by atoms with Crippen LogP contribution >= 0.6 is 0 Å². The molecule has 0 saturated heterocycles. The second-order valence-corrected chi connectivity index (χ2v) is 4.09. The molecule has 1 saturated carbocycles. The van der Waals surface area contributed by atoms with E-state index >= 15 is 0 Å². The van der Waals surface area contributed by atoms with E-state index in [0.717, 1.165) is 32.1 Å². The number of hydrogen-bond acceptors (Lipinski definition) is 2. The summed E-state index contributed by atoms with van der Waals surface area (Å²) in [6.45, 7) is 2.12. The molecule has 14 heavy (non-hydrogen) atoms. The van der Waals surface area contributed by atoms with Crippen LogP contribution in [0, 0.1) is 11.8 Å². The third kappa shape index (κ3) is 3.01. The summed E-state index contributed by atoms with van der Waals surface area (Å²) in [4.78, 5) is 0. The molecule has 0 unspecified atom stereocenters. The van der Waals surface area contributed by atoms with Crippen molar-refractivity contribution in [2.75, 3.05) is 0 Å². The minimum absolute atomic E-state index is 0.618. The van der Waals surface area contributed by atoms with E-state index in [9.17, 15) is 10.2 Å². The summed E-state index contributed by atoms with van der Waals surface area (Å²) < 4.78 is 0. The first kappa shape index (κ1) is 11.6. The van der Waals surface area contributed by atoms with Gasteiger partial charge in [0.25, 0.3) is 0 Å². The molecule has 1 fully saturated rings. The highest BCUT2D eigenvalue weighted by molar-refractivity contribution is 5.17. The van der Waals surface area contributed by atoms with Crippen molar-refractivity contribution in [2.24, 2.45) is 0 Å². The zero-order valence-electron chi connectivity index (χ0n) is 8.92. The summed E-state index contributed by atoms with van der Waals surface area (Å²) in [6.07, 6.45) is 5.63. The predicted octanol–water partition coefficient (Wildman–Crippen LogP) is 1.85. The van der Waals surface area contributed by atoms with Crippen molar-refractivity contribution in [3.05, 3.63) is 0 Å². The van der Waals surface area contributed by atoms with Gasteiger partial charge >= 0.3 is 0 Å². The van der Waals surface area contributed by atoms with Crippen molar-refractivity contribution in [3.63, 3.8) is 0 Å². The van der Waals surface area contributed by atoms with E-state index in [1.165, 1.54) is 0 Å². The summed E-state index contributed by atoms with van der Waals surface area (Å²) in [5.74, 6) is 5.81. The van der Waals surface area contributed by atoms with Crippen LogP contribution in [0.1, 0.15) is 51.9 Å². The highest BCUT2D eigenvalue weighted by Gasteiger charge is 2.35. The zero-order chi connectivity index (χ0) is 10.4. The first-order valence-corrected chi connectivity index (χ1v) is 5.59. The van der Waals surface area contributed by atoms with Gasteiger partial charge in [-0.2, -0.15) is 0 Å². The molecule has 80 valence electrons. The minimum Gasteiger partial charge on any atom is -0.389 e. The SMILES string of the molecule is CCCCC#C[C@@]1(O)CCCC[C@H]1O. The average molecular weight is 196 g/mol. The van der Waals surface area contributed by atoms with E-state index in [1.807, 2.05) is 0 Å². The van der Waals surface area contributed by atoms with Gasteiger partial charge in [0.2, 0.25) is 0 Å². The average Bonchev–Trinajstić information content (AvgIpc) is 2.18. The van der Waals surface area contributed by atoms with Crippen molar-refractivity contribution in [1.29, 1.82) is 0 Å². The fourth-order valence-electron chi connectivity index (χ4n) is 1.76. The van der Waals surface area contributed by atoms with Gasteiger partial charge in [0.15, 0.2) is 5.60 Å². The molecule has 0 heterocycles. The first-order valence-electron chi connectivity index (χ1n) is 5.59. The molecule has 1 aliphatic carbocycles. The first-order chi connectivity index (χ1) is 6.69. The predicted molar refractivity (Wildman–Crippen MR) is 56.7 cm³/mol. The van der Waals surface area contributed by atoms with E-state index in [2.05, 4.69) is 18.8 Å². The molecule has 0 aliphatic heterocycles. The van der Waals surface area contributed by atoms with Crippen LogP contribution in [-0.4, -0.2) is 21.9 Å². The lowest BCUT2D eigenvalue weighted by atomic mass is 9.82. The van der Waals surface area contributed by atoms with Crippen LogP contribution in [0.3, 0.4) is 0 Å². The number of aliphatic hydroxyl groups excluding tert-OH is 1. The zero-order valence-corrected chi connectivity index (χ0v) is 8.92. The molecule has 1 aliphatic rings. The quantitative estimate of drug-likeness (QED) is 0.522. The molecule has 0 aromatic carbocycles. The molecule has 0 spiro atoms. The van der Waals surface area contributed by atoms with Crippen LogP contribution in [0.4, 0.5) is 0 Å². The van der Waals surface area contributed by atoms with Gasteiger partial charge in [0.05, 0.1) is 6.10 Å². The third-order valence-corrected chi connectivity index (χ3v) is 2.80. The van der Waals surface area contributed by atoms with Gasteiger partial charge in [0, 0.05) is 6.42 Å². The fraction of sp³-hybridized carbons (Fsp3) is 0.833. The molecule has 2 nitrogen and oxygen atoms in total. The fourth-order valence-corrected chi connectivity index (χ4v) is 1.76. The van der Waals surface area contributed by atoms with Crippen LogP contribution in [0.15, 0.2) is 0 Å². The lowest BCUT2D eigenvalue weighted by Crippen LogP contribution is -2.43. The molecule has 0 radical (unpaired) electrons. The summed E-state index contributed by atoms with van der Waals surface area (Å²) in [5, 5.41) is 19.6. The highest BCUT2D eigenvalue weighted by atomic mass is 16.3. The Balaban J connectivity index is 2.48. The van der Waals surface area contributed by atoms with Gasteiger partial charge in [-0.05, 0) is 25.7 Å². The normalized spacial score (nSPS) is 32.1. The number of rotatable bonds is 2. The second kappa shape index (κ2) is 5.38. The second-order valence-electron chi connectivity index (χ2n) is 4.09. The van der Waals surface area contributed by atoms with Gasteiger partial charge in [-0.25, -0.2) is 0 Å². The maximum Gasteiger partial charge on any atom is 0.151 e. The largest absolute Gasteiger partial charge is 0.389 e. The molecular weight excluding hydrogens is 176 g/mol. The molecule has 0 amide bonds. The Morgan fingerprint density at radius 3 is 2.86 bits per heavy atom. The Labute approximate surface area is 86.3 Å². The molecule has 2 atom stereocenters.